The van der Waals surface area contributed by atoms with Gasteiger partial charge in [-0.2, -0.15) is 14.6 Å². The van der Waals surface area contributed by atoms with E-state index in [0.717, 1.165) is 16.9 Å². The summed E-state index contributed by atoms with van der Waals surface area (Å²) in [5.41, 5.74) is 2.83. The minimum absolute atomic E-state index is 0.151. The Morgan fingerprint density at radius 3 is 2.72 bits per heavy atom. The molecule has 0 unspecified atom stereocenters. The van der Waals surface area contributed by atoms with Crippen molar-refractivity contribution in [2.45, 2.75) is 6.54 Å². The molecular formula is C21H16N6O2. The quantitative estimate of drug-likeness (QED) is 0.473. The van der Waals surface area contributed by atoms with E-state index in [1.807, 2.05) is 42.5 Å². The van der Waals surface area contributed by atoms with Crippen molar-refractivity contribution in [3.05, 3.63) is 83.3 Å². The van der Waals surface area contributed by atoms with Gasteiger partial charge in [-0.1, -0.05) is 6.07 Å². The van der Waals surface area contributed by atoms with E-state index >= 15 is 0 Å². The van der Waals surface area contributed by atoms with Gasteiger partial charge in [-0.15, -0.1) is 0 Å². The molecule has 0 bridgehead atoms. The second-order valence-corrected chi connectivity index (χ2v) is 6.53. The standard InChI is InChI=1S/C21H16N6O2/c1-29-16-6-4-15(5-7-16)19-18-17(25-21-23-13-24-27(19)21)8-10-26(20(18)28)12-14-3-2-9-22-11-14/h2-11,13H,12H2,1H3. The Balaban J connectivity index is 1.78. The number of aromatic nitrogens is 6. The Morgan fingerprint density at radius 2 is 1.97 bits per heavy atom. The average Bonchev–Trinajstić information content (AvgIpc) is 3.23. The largest absolute Gasteiger partial charge is 0.497 e. The number of hydrogen-bond donors (Lipinski definition) is 0. The SMILES string of the molecule is COc1ccc(-c2c3c(=O)n(Cc4cccnc4)ccc3nc3ncnn23)cc1. The third kappa shape index (κ3) is 2.91. The highest BCUT2D eigenvalue weighted by Gasteiger charge is 2.17. The summed E-state index contributed by atoms with van der Waals surface area (Å²) in [5.74, 6) is 1.17. The number of nitrogens with zero attached hydrogens (tertiary/aromatic N) is 6. The molecule has 5 aromatic rings. The smallest absolute Gasteiger partial charge is 0.262 e. The van der Waals surface area contributed by atoms with E-state index < -0.39 is 0 Å². The highest BCUT2D eigenvalue weighted by atomic mass is 16.5. The lowest BCUT2D eigenvalue weighted by Crippen LogP contribution is -2.22. The van der Waals surface area contributed by atoms with Crippen molar-refractivity contribution in [3.63, 3.8) is 0 Å². The van der Waals surface area contributed by atoms with Gasteiger partial charge >= 0.3 is 0 Å². The Kier molecular flexibility index (Phi) is 4.02. The van der Waals surface area contributed by atoms with Crippen LogP contribution in [0.3, 0.4) is 0 Å². The molecule has 0 saturated carbocycles. The maximum absolute atomic E-state index is 13.4. The Hall–Kier alpha value is -4.07. The van der Waals surface area contributed by atoms with Crippen LogP contribution in [0.15, 0.2) is 72.2 Å². The van der Waals surface area contributed by atoms with Gasteiger partial charge in [0.2, 0.25) is 0 Å². The molecule has 8 nitrogen and oxygen atoms in total. The van der Waals surface area contributed by atoms with E-state index in [1.54, 1.807) is 34.8 Å². The van der Waals surface area contributed by atoms with Crippen molar-refractivity contribution in [3.8, 4) is 17.0 Å². The van der Waals surface area contributed by atoms with Gasteiger partial charge < -0.3 is 9.30 Å². The van der Waals surface area contributed by atoms with Crippen LogP contribution >= 0.6 is 0 Å². The van der Waals surface area contributed by atoms with Crippen molar-refractivity contribution >= 4 is 16.7 Å². The van der Waals surface area contributed by atoms with Crippen LogP contribution in [0.2, 0.25) is 0 Å². The lowest BCUT2D eigenvalue weighted by atomic mass is 10.1. The summed E-state index contributed by atoms with van der Waals surface area (Å²) in [4.78, 5) is 26.3. The molecule has 0 radical (unpaired) electrons. The first-order valence-electron chi connectivity index (χ1n) is 9.01. The molecule has 4 aromatic heterocycles. The summed E-state index contributed by atoms with van der Waals surface area (Å²) in [5, 5.41) is 4.78. The average molecular weight is 384 g/mol. The van der Waals surface area contributed by atoms with Crippen molar-refractivity contribution in [1.29, 1.82) is 0 Å². The van der Waals surface area contributed by atoms with Crippen molar-refractivity contribution in [2.75, 3.05) is 7.11 Å². The van der Waals surface area contributed by atoms with Gasteiger partial charge in [-0.05, 0) is 42.0 Å². The molecule has 0 aliphatic rings. The van der Waals surface area contributed by atoms with Crippen LogP contribution < -0.4 is 10.3 Å². The maximum atomic E-state index is 13.4. The Bertz CT molecular complexity index is 1370. The first-order valence-corrected chi connectivity index (χ1v) is 9.01. The molecule has 29 heavy (non-hydrogen) atoms. The molecule has 142 valence electrons. The third-order valence-electron chi connectivity index (χ3n) is 4.78. The fourth-order valence-corrected chi connectivity index (χ4v) is 3.39. The summed E-state index contributed by atoms with van der Waals surface area (Å²) in [6.45, 7) is 0.417. The van der Waals surface area contributed by atoms with E-state index in [0.29, 0.717) is 28.9 Å². The normalized spacial score (nSPS) is 11.2. The van der Waals surface area contributed by atoms with E-state index in [-0.39, 0.29) is 5.56 Å². The number of hydrogen-bond acceptors (Lipinski definition) is 6. The highest BCUT2D eigenvalue weighted by molar-refractivity contribution is 5.93. The monoisotopic (exact) mass is 384 g/mol. The Morgan fingerprint density at radius 1 is 1.10 bits per heavy atom. The predicted octanol–water partition coefficient (Wildman–Crippen LogP) is 2.56. The number of benzene rings is 1. The zero-order valence-electron chi connectivity index (χ0n) is 15.6. The molecule has 8 heteroatoms. The molecule has 0 atom stereocenters. The summed E-state index contributed by atoms with van der Waals surface area (Å²) >= 11 is 0. The van der Waals surface area contributed by atoms with Gasteiger partial charge in [0.15, 0.2) is 0 Å². The van der Waals surface area contributed by atoms with Crippen LogP contribution in [-0.2, 0) is 6.54 Å². The molecule has 0 fully saturated rings. The van der Waals surface area contributed by atoms with E-state index in [1.165, 1.54) is 6.33 Å². The van der Waals surface area contributed by atoms with Gasteiger partial charge in [0.25, 0.3) is 11.3 Å². The third-order valence-corrected chi connectivity index (χ3v) is 4.78. The number of pyridine rings is 2. The van der Waals surface area contributed by atoms with E-state index in [9.17, 15) is 4.79 Å². The van der Waals surface area contributed by atoms with Gasteiger partial charge in [-0.25, -0.2) is 4.98 Å². The van der Waals surface area contributed by atoms with Crippen LogP contribution in [0.1, 0.15) is 5.56 Å². The van der Waals surface area contributed by atoms with Crippen molar-refractivity contribution in [1.82, 2.24) is 29.1 Å². The fourth-order valence-electron chi connectivity index (χ4n) is 3.39. The van der Waals surface area contributed by atoms with Gasteiger partial charge in [0.05, 0.1) is 30.3 Å². The molecule has 1 aromatic carbocycles. The van der Waals surface area contributed by atoms with Crippen LogP contribution in [0.5, 0.6) is 5.75 Å². The second kappa shape index (κ2) is 6.83. The molecule has 4 heterocycles. The van der Waals surface area contributed by atoms with Gasteiger partial charge in [0.1, 0.15) is 12.1 Å². The highest BCUT2D eigenvalue weighted by Crippen LogP contribution is 2.27. The Labute approximate surface area is 165 Å². The van der Waals surface area contributed by atoms with Crippen molar-refractivity contribution in [2.24, 2.45) is 0 Å². The summed E-state index contributed by atoms with van der Waals surface area (Å²) in [6, 6.07) is 13.1. The number of fused-ring (bicyclic) bond motifs is 2. The lowest BCUT2D eigenvalue weighted by Gasteiger charge is -2.12. The van der Waals surface area contributed by atoms with Crippen LogP contribution in [0.25, 0.3) is 27.9 Å². The lowest BCUT2D eigenvalue weighted by molar-refractivity contribution is 0.415. The number of methoxy groups -OCH3 is 1. The van der Waals surface area contributed by atoms with Crippen LogP contribution in [0.4, 0.5) is 0 Å². The topological polar surface area (TPSA) is 87.2 Å². The summed E-state index contributed by atoms with van der Waals surface area (Å²) < 4.78 is 8.50. The van der Waals surface area contributed by atoms with Crippen LogP contribution in [-0.4, -0.2) is 36.2 Å². The van der Waals surface area contributed by atoms with Crippen LogP contribution in [0, 0.1) is 0 Å². The molecule has 0 spiro atoms. The number of ether oxygens (including phenoxy) is 1. The van der Waals surface area contributed by atoms with Gasteiger partial charge in [-0.3, -0.25) is 9.78 Å². The minimum atomic E-state index is -0.151. The van der Waals surface area contributed by atoms with Crippen molar-refractivity contribution < 1.29 is 4.74 Å². The fraction of sp³-hybridized carbons (Fsp3) is 0.0952. The molecule has 0 N–H and O–H groups in total. The molecule has 5 rings (SSSR count). The first kappa shape index (κ1) is 17.1. The zero-order valence-corrected chi connectivity index (χ0v) is 15.6. The molecule has 0 aliphatic carbocycles. The summed E-state index contributed by atoms with van der Waals surface area (Å²) in [7, 11) is 1.61. The maximum Gasteiger partial charge on any atom is 0.262 e. The molecule has 0 amide bonds. The van der Waals surface area contributed by atoms with E-state index in [4.69, 9.17) is 4.74 Å². The summed E-state index contributed by atoms with van der Waals surface area (Å²) in [6.07, 6.45) is 6.64. The molecule has 0 aliphatic heterocycles. The zero-order chi connectivity index (χ0) is 19.8. The first-order chi connectivity index (χ1) is 14.2. The number of rotatable bonds is 4. The minimum Gasteiger partial charge on any atom is -0.497 e. The predicted molar refractivity (Wildman–Crippen MR) is 108 cm³/mol. The van der Waals surface area contributed by atoms with E-state index in [2.05, 4.69) is 20.1 Å². The molecule has 0 saturated heterocycles. The second-order valence-electron chi connectivity index (χ2n) is 6.53. The van der Waals surface area contributed by atoms with Gasteiger partial charge in [0, 0.05) is 24.2 Å². The molecular weight excluding hydrogens is 368 g/mol.